The molecular formula is C30H59N3O3. The number of carbonyl (C=O) groups is 3. The van der Waals surface area contributed by atoms with Crippen LogP contribution in [0.5, 0.6) is 0 Å². The lowest BCUT2D eigenvalue weighted by atomic mass is 9.83. The van der Waals surface area contributed by atoms with E-state index >= 15 is 0 Å². The second-order valence-corrected chi connectivity index (χ2v) is 10.8. The van der Waals surface area contributed by atoms with Gasteiger partial charge in [-0.25, -0.2) is 0 Å². The highest BCUT2D eigenvalue weighted by atomic mass is 16.2. The highest BCUT2D eigenvalue weighted by molar-refractivity contribution is 6.01. The molecule has 0 aliphatic heterocycles. The minimum Gasteiger partial charge on any atom is -0.370 e. The summed E-state index contributed by atoms with van der Waals surface area (Å²) < 4.78 is 0. The Bertz CT molecular complexity index is 554. The van der Waals surface area contributed by atoms with Gasteiger partial charge in [0.05, 0.1) is 5.92 Å². The van der Waals surface area contributed by atoms with E-state index in [-0.39, 0.29) is 17.6 Å². The van der Waals surface area contributed by atoms with Crippen LogP contribution in [0.2, 0.25) is 0 Å². The number of rotatable bonds is 28. The van der Waals surface area contributed by atoms with Crippen LogP contribution in [0.3, 0.4) is 0 Å². The van der Waals surface area contributed by atoms with Crippen molar-refractivity contribution >= 4 is 17.6 Å². The molecule has 0 aromatic rings. The summed E-state index contributed by atoms with van der Waals surface area (Å²) in [5.41, 5.74) is 16.5. The number of carbonyl (C=O) groups excluding carboxylic acids is 3. The van der Waals surface area contributed by atoms with Gasteiger partial charge in [0.2, 0.25) is 11.8 Å². The molecule has 0 radical (unpaired) electrons. The molecule has 2 amide bonds. The molecule has 0 saturated carbocycles. The summed E-state index contributed by atoms with van der Waals surface area (Å²) >= 11 is 0. The Hall–Kier alpha value is -1.43. The zero-order chi connectivity index (χ0) is 26.9. The first kappa shape index (κ1) is 34.6. The fourth-order valence-corrected chi connectivity index (χ4v) is 5.10. The van der Waals surface area contributed by atoms with Crippen LogP contribution in [0.25, 0.3) is 0 Å². The number of hydrogen-bond donors (Lipinski definition) is 3. The molecule has 0 heterocycles. The molecule has 6 heteroatoms. The fraction of sp³-hybridized carbons (Fsp3) is 0.900. The third-order valence-electron chi connectivity index (χ3n) is 7.43. The first-order valence-electron chi connectivity index (χ1n) is 15.2. The highest BCUT2D eigenvalue weighted by Crippen LogP contribution is 2.23. The third kappa shape index (κ3) is 20.7. The number of primary amides is 2. The lowest BCUT2D eigenvalue weighted by Gasteiger charge is -2.20. The topological polar surface area (TPSA) is 129 Å². The van der Waals surface area contributed by atoms with Crippen molar-refractivity contribution < 1.29 is 14.4 Å². The minimum atomic E-state index is -0.696. The fourth-order valence-electron chi connectivity index (χ4n) is 5.10. The molecule has 212 valence electrons. The van der Waals surface area contributed by atoms with Crippen molar-refractivity contribution in [2.24, 2.45) is 29.0 Å². The average molecular weight is 510 g/mol. The van der Waals surface area contributed by atoms with E-state index in [4.69, 9.17) is 17.2 Å². The Morgan fingerprint density at radius 3 is 1.39 bits per heavy atom. The van der Waals surface area contributed by atoms with Crippen LogP contribution in [0.1, 0.15) is 155 Å². The van der Waals surface area contributed by atoms with Crippen molar-refractivity contribution in [3.63, 3.8) is 0 Å². The molecular weight excluding hydrogens is 450 g/mol. The van der Waals surface area contributed by atoms with Crippen LogP contribution in [0.15, 0.2) is 0 Å². The second kappa shape index (κ2) is 25.2. The molecule has 0 bridgehead atoms. The van der Waals surface area contributed by atoms with Gasteiger partial charge in [0.1, 0.15) is 5.78 Å². The number of nitrogens with two attached hydrogens (primary N) is 3. The number of unbranched alkanes of at least 4 members (excludes halogenated alkanes) is 17. The zero-order valence-corrected chi connectivity index (χ0v) is 23.6. The monoisotopic (exact) mass is 509 g/mol. The summed E-state index contributed by atoms with van der Waals surface area (Å²) in [6.45, 7) is 2.72. The number of amides is 2. The molecule has 0 saturated heterocycles. The largest absolute Gasteiger partial charge is 0.370 e. The lowest BCUT2D eigenvalue weighted by molar-refractivity contribution is -0.135. The van der Waals surface area contributed by atoms with Crippen molar-refractivity contribution in [1.29, 1.82) is 0 Å². The van der Waals surface area contributed by atoms with Crippen LogP contribution in [0.4, 0.5) is 0 Å². The number of Topliss-reactive ketones (excluding diaryl/α,β-unsaturated/α-hetero) is 1. The van der Waals surface area contributed by atoms with E-state index in [0.717, 1.165) is 51.4 Å². The van der Waals surface area contributed by atoms with E-state index in [1.165, 1.54) is 77.0 Å². The van der Waals surface area contributed by atoms with Crippen molar-refractivity contribution in [3.05, 3.63) is 0 Å². The Labute approximate surface area is 222 Å². The van der Waals surface area contributed by atoms with Gasteiger partial charge in [-0.3, -0.25) is 14.4 Å². The number of hydrogen-bond acceptors (Lipinski definition) is 4. The van der Waals surface area contributed by atoms with E-state index in [1.54, 1.807) is 0 Å². The van der Waals surface area contributed by atoms with Crippen molar-refractivity contribution in [3.8, 4) is 0 Å². The summed E-state index contributed by atoms with van der Waals surface area (Å²) in [4.78, 5) is 35.9. The molecule has 0 aliphatic rings. The van der Waals surface area contributed by atoms with Gasteiger partial charge in [-0.1, -0.05) is 122 Å². The minimum absolute atomic E-state index is 0.00336. The third-order valence-corrected chi connectivity index (χ3v) is 7.43. The van der Waals surface area contributed by atoms with Crippen molar-refractivity contribution in [2.75, 3.05) is 6.54 Å². The predicted molar refractivity (Wildman–Crippen MR) is 151 cm³/mol. The number of ketones is 1. The molecule has 0 aliphatic carbocycles. The standard InChI is InChI=1S/C30H59N3O3/c1-2-3-4-5-6-7-8-9-10-11-12-13-15-18-21-26(24-25-31)29(35)27(30(33)36)22-19-16-14-17-20-23-28(32)34/h26-27H,2-25,31H2,1H3,(H2,32,34)(H2,33,36). The summed E-state index contributed by atoms with van der Waals surface area (Å²) in [6, 6.07) is 0. The van der Waals surface area contributed by atoms with Gasteiger partial charge in [-0.05, 0) is 32.2 Å². The van der Waals surface area contributed by atoms with Crippen LogP contribution < -0.4 is 17.2 Å². The predicted octanol–water partition coefficient (Wildman–Crippen LogP) is 6.71. The Morgan fingerprint density at radius 2 is 0.972 bits per heavy atom. The summed E-state index contributed by atoms with van der Waals surface area (Å²) in [5.74, 6) is -1.62. The molecule has 0 fully saturated rings. The van der Waals surface area contributed by atoms with E-state index in [1.807, 2.05) is 0 Å². The molecule has 2 atom stereocenters. The summed E-state index contributed by atoms with van der Waals surface area (Å²) in [7, 11) is 0. The van der Waals surface area contributed by atoms with Crippen LogP contribution >= 0.6 is 0 Å². The first-order valence-corrected chi connectivity index (χ1v) is 15.2. The van der Waals surface area contributed by atoms with Crippen LogP contribution in [0, 0.1) is 11.8 Å². The van der Waals surface area contributed by atoms with Gasteiger partial charge < -0.3 is 17.2 Å². The average Bonchev–Trinajstić information content (AvgIpc) is 2.84. The molecule has 0 spiro atoms. The van der Waals surface area contributed by atoms with Gasteiger partial charge >= 0.3 is 0 Å². The quantitative estimate of drug-likeness (QED) is 0.0799. The highest BCUT2D eigenvalue weighted by Gasteiger charge is 2.29. The van der Waals surface area contributed by atoms with Gasteiger partial charge in [0.15, 0.2) is 0 Å². The second-order valence-electron chi connectivity index (χ2n) is 10.8. The maximum absolute atomic E-state index is 13.1. The van der Waals surface area contributed by atoms with Crippen molar-refractivity contribution in [2.45, 2.75) is 155 Å². The Morgan fingerprint density at radius 1 is 0.556 bits per heavy atom. The molecule has 0 aromatic carbocycles. The van der Waals surface area contributed by atoms with Gasteiger partial charge in [-0.15, -0.1) is 0 Å². The van der Waals surface area contributed by atoms with Gasteiger partial charge in [0.25, 0.3) is 0 Å². The Kier molecular flexibility index (Phi) is 24.2. The van der Waals surface area contributed by atoms with Crippen LogP contribution in [-0.4, -0.2) is 24.1 Å². The first-order chi connectivity index (χ1) is 17.4. The van der Waals surface area contributed by atoms with Crippen molar-refractivity contribution in [1.82, 2.24) is 0 Å². The molecule has 6 N–H and O–H groups in total. The molecule has 0 rings (SSSR count). The van der Waals surface area contributed by atoms with E-state index in [2.05, 4.69) is 6.92 Å². The SMILES string of the molecule is CCCCCCCCCCCCCCCCC(CCN)C(=O)C(CCCCCCCC(N)=O)C(N)=O. The smallest absolute Gasteiger partial charge is 0.228 e. The lowest BCUT2D eigenvalue weighted by Crippen LogP contribution is -2.35. The molecule has 2 unspecified atom stereocenters. The Balaban J connectivity index is 4.01. The maximum atomic E-state index is 13.1. The molecule has 0 aromatic heterocycles. The maximum Gasteiger partial charge on any atom is 0.228 e. The summed E-state index contributed by atoms with van der Waals surface area (Å²) in [6.07, 6.45) is 25.1. The summed E-state index contributed by atoms with van der Waals surface area (Å²) in [5, 5.41) is 0. The van der Waals surface area contributed by atoms with Crippen LogP contribution in [-0.2, 0) is 14.4 Å². The van der Waals surface area contributed by atoms with Gasteiger partial charge in [-0.2, -0.15) is 0 Å². The van der Waals surface area contributed by atoms with E-state index in [9.17, 15) is 14.4 Å². The normalized spacial score (nSPS) is 12.9. The van der Waals surface area contributed by atoms with E-state index < -0.39 is 11.8 Å². The zero-order valence-electron chi connectivity index (χ0n) is 23.6. The van der Waals surface area contributed by atoms with Gasteiger partial charge in [0, 0.05) is 12.3 Å². The van der Waals surface area contributed by atoms with E-state index in [0.29, 0.717) is 25.8 Å². The molecule has 6 nitrogen and oxygen atoms in total. The molecule has 36 heavy (non-hydrogen) atoms.